The molecule has 4 rings (SSSR count). The van der Waals surface area contributed by atoms with E-state index in [0.717, 1.165) is 12.1 Å². The van der Waals surface area contributed by atoms with Crippen LogP contribution in [0.25, 0.3) is 11.3 Å². The fourth-order valence-corrected chi connectivity index (χ4v) is 3.53. The number of hydrogen-bond acceptors (Lipinski definition) is 4. The molecule has 0 unspecified atom stereocenters. The zero-order valence-corrected chi connectivity index (χ0v) is 17.5. The van der Waals surface area contributed by atoms with Crippen LogP contribution >= 0.6 is 0 Å². The summed E-state index contributed by atoms with van der Waals surface area (Å²) in [6.07, 6.45) is -4.44. The fourth-order valence-electron chi connectivity index (χ4n) is 3.53. The van der Waals surface area contributed by atoms with Gasteiger partial charge in [0.2, 0.25) is 0 Å². The second kappa shape index (κ2) is 8.82. The van der Waals surface area contributed by atoms with Crippen molar-refractivity contribution < 1.29 is 27.5 Å². The molecule has 0 spiro atoms. The number of amides is 1. The van der Waals surface area contributed by atoms with Gasteiger partial charge in [-0.3, -0.25) is 4.79 Å². The van der Waals surface area contributed by atoms with Gasteiger partial charge >= 0.3 is 12.1 Å². The number of carbonyl (C=O) groups excluding carboxylic acids is 2. The molecular weight excluding hydrogens is 433 g/mol. The minimum absolute atomic E-state index is 0.225. The summed E-state index contributed by atoms with van der Waals surface area (Å²) >= 11 is 0. The van der Waals surface area contributed by atoms with E-state index in [1.807, 2.05) is 6.07 Å². The highest BCUT2D eigenvalue weighted by molar-refractivity contribution is 6.37. The van der Waals surface area contributed by atoms with Crippen molar-refractivity contribution in [1.82, 2.24) is 0 Å². The molecule has 1 aliphatic rings. The number of anilines is 2. The van der Waals surface area contributed by atoms with Crippen LogP contribution < -0.4 is 10.6 Å². The first-order chi connectivity index (χ1) is 15.8. The summed E-state index contributed by atoms with van der Waals surface area (Å²) in [6, 6.07) is 18.3. The largest absolute Gasteiger partial charge is 0.462 e. The van der Waals surface area contributed by atoms with Gasteiger partial charge in [0, 0.05) is 11.3 Å². The van der Waals surface area contributed by atoms with E-state index in [1.54, 1.807) is 49.4 Å². The van der Waals surface area contributed by atoms with E-state index in [9.17, 15) is 22.8 Å². The van der Waals surface area contributed by atoms with Crippen LogP contribution in [-0.4, -0.2) is 18.5 Å². The third-order valence-corrected chi connectivity index (χ3v) is 5.07. The van der Waals surface area contributed by atoms with Crippen molar-refractivity contribution >= 4 is 34.5 Å². The van der Waals surface area contributed by atoms with Crippen molar-refractivity contribution in [3.05, 3.63) is 95.1 Å². The van der Waals surface area contributed by atoms with E-state index < -0.39 is 23.6 Å². The van der Waals surface area contributed by atoms with Crippen molar-refractivity contribution in [2.75, 3.05) is 17.2 Å². The molecule has 0 aromatic heterocycles. The van der Waals surface area contributed by atoms with Crippen LogP contribution in [0.5, 0.6) is 0 Å². The number of alkyl halides is 3. The van der Waals surface area contributed by atoms with Crippen LogP contribution in [0.15, 0.2) is 72.8 Å². The van der Waals surface area contributed by atoms with Gasteiger partial charge < -0.3 is 15.4 Å². The average molecular weight is 452 g/mol. The van der Waals surface area contributed by atoms with Crippen LogP contribution in [0, 0.1) is 0 Å². The molecule has 3 aromatic carbocycles. The summed E-state index contributed by atoms with van der Waals surface area (Å²) in [7, 11) is 0. The van der Waals surface area contributed by atoms with E-state index >= 15 is 0 Å². The zero-order chi connectivity index (χ0) is 23.6. The van der Waals surface area contributed by atoms with Crippen molar-refractivity contribution in [2.24, 2.45) is 0 Å². The highest BCUT2D eigenvalue weighted by atomic mass is 19.4. The van der Waals surface area contributed by atoms with Crippen LogP contribution in [0.2, 0.25) is 0 Å². The number of hydrogen-bond donors (Lipinski definition) is 2. The topological polar surface area (TPSA) is 67.4 Å². The number of ether oxygens (including phenoxy) is 1. The van der Waals surface area contributed by atoms with Gasteiger partial charge in [-0.05, 0) is 48.9 Å². The van der Waals surface area contributed by atoms with E-state index in [0.29, 0.717) is 39.3 Å². The summed E-state index contributed by atoms with van der Waals surface area (Å²) in [6.45, 7) is 1.93. The van der Waals surface area contributed by atoms with Gasteiger partial charge in [0.1, 0.15) is 0 Å². The molecule has 0 aliphatic carbocycles. The summed E-state index contributed by atoms with van der Waals surface area (Å²) in [4.78, 5) is 25.0. The first-order valence-electron chi connectivity index (χ1n) is 10.1. The Balaban J connectivity index is 1.79. The number of rotatable bonds is 5. The van der Waals surface area contributed by atoms with Crippen molar-refractivity contribution in [3.63, 3.8) is 0 Å². The number of halogens is 3. The average Bonchev–Trinajstić information content (AvgIpc) is 3.12. The second-order valence-electron chi connectivity index (χ2n) is 7.25. The van der Waals surface area contributed by atoms with Crippen LogP contribution in [-0.2, 0) is 15.7 Å². The minimum Gasteiger partial charge on any atom is -0.462 e. The maximum atomic E-state index is 13.0. The third-order valence-electron chi connectivity index (χ3n) is 5.07. The normalized spacial score (nSPS) is 14.4. The van der Waals surface area contributed by atoms with Crippen LogP contribution in [0.1, 0.15) is 34.0 Å². The van der Waals surface area contributed by atoms with Crippen LogP contribution in [0.3, 0.4) is 0 Å². The highest BCUT2D eigenvalue weighted by Gasteiger charge is 2.31. The van der Waals surface area contributed by atoms with E-state index in [4.69, 9.17) is 4.74 Å². The van der Waals surface area contributed by atoms with E-state index in [-0.39, 0.29) is 6.61 Å². The maximum absolute atomic E-state index is 13.0. The number of carbonyl (C=O) groups is 2. The van der Waals surface area contributed by atoms with E-state index in [1.165, 1.54) is 12.1 Å². The Morgan fingerprint density at radius 3 is 2.30 bits per heavy atom. The number of fused-ring (bicyclic) bond motifs is 1. The summed E-state index contributed by atoms with van der Waals surface area (Å²) in [5.41, 5.74) is 2.34. The monoisotopic (exact) mass is 452 g/mol. The van der Waals surface area contributed by atoms with Gasteiger partial charge in [0.05, 0.1) is 34.7 Å². The predicted molar refractivity (Wildman–Crippen MR) is 119 cm³/mol. The molecule has 1 heterocycles. The Kier molecular flexibility index (Phi) is 5.91. The molecule has 0 radical (unpaired) electrons. The van der Waals surface area contributed by atoms with Gasteiger partial charge in [-0.2, -0.15) is 13.2 Å². The molecule has 1 amide bonds. The van der Waals surface area contributed by atoms with Gasteiger partial charge in [-0.25, -0.2) is 4.79 Å². The second-order valence-corrected chi connectivity index (χ2v) is 7.25. The van der Waals surface area contributed by atoms with Crippen molar-refractivity contribution in [2.45, 2.75) is 13.1 Å². The number of benzene rings is 3. The van der Waals surface area contributed by atoms with Gasteiger partial charge in [-0.15, -0.1) is 0 Å². The Labute approximate surface area is 187 Å². The molecule has 0 bridgehead atoms. The fraction of sp³-hybridized carbons (Fsp3) is 0.120. The number of nitrogens with one attached hydrogen (secondary N) is 2. The van der Waals surface area contributed by atoms with Gasteiger partial charge in [0.15, 0.2) is 0 Å². The summed E-state index contributed by atoms with van der Waals surface area (Å²) < 4.78 is 43.8. The summed E-state index contributed by atoms with van der Waals surface area (Å²) in [5.74, 6) is -0.901. The zero-order valence-electron chi connectivity index (χ0n) is 17.5. The molecule has 0 atom stereocenters. The molecule has 3 aromatic rings. The molecule has 33 heavy (non-hydrogen) atoms. The molecule has 8 heteroatoms. The van der Waals surface area contributed by atoms with Gasteiger partial charge in [0.25, 0.3) is 5.91 Å². The van der Waals surface area contributed by atoms with Gasteiger partial charge in [-0.1, -0.05) is 36.4 Å². The quantitative estimate of drug-likeness (QED) is 0.379. The Bertz CT molecular complexity index is 1230. The molecular formula is C25H19F3N2O3. The predicted octanol–water partition coefficient (Wildman–Crippen LogP) is 5.81. The number of esters is 1. The lowest BCUT2D eigenvalue weighted by molar-refractivity contribution is -0.137. The molecule has 1 aliphatic heterocycles. The highest BCUT2D eigenvalue weighted by Crippen LogP contribution is 2.38. The minimum atomic E-state index is -4.44. The van der Waals surface area contributed by atoms with Crippen LogP contribution in [0.4, 0.5) is 24.5 Å². The maximum Gasteiger partial charge on any atom is 0.416 e. The molecule has 0 fully saturated rings. The lowest BCUT2D eigenvalue weighted by atomic mass is 9.99. The molecule has 0 saturated heterocycles. The smallest absolute Gasteiger partial charge is 0.416 e. The Hall–Kier alpha value is -4.07. The summed E-state index contributed by atoms with van der Waals surface area (Å²) in [5, 5.41) is 5.86. The SMILES string of the molecule is CCOC(=O)c1ccc2c(c1)NC(=O)/C2=C(/Nc1ccc(C(F)(F)F)cc1)c1ccccc1. The molecule has 5 nitrogen and oxygen atoms in total. The van der Waals surface area contributed by atoms with Crippen molar-refractivity contribution in [3.8, 4) is 0 Å². The Morgan fingerprint density at radius 2 is 1.67 bits per heavy atom. The lowest BCUT2D eigenvalue weighted by Gasteiger charge is -2.15. The van der Waals surface area contributed by atoms with Crippen molar-refractivity contribution in [1.29, 1.82) is 0 Å². The first kappa shape index (κ1) is 22.1. The molecule has 2 N–H and O–H groups in total. The third kappa shape index (κ3) is 4.59. The lowest BCUT2D eigenvalue weighted by Crippen LogP contribution is -2.10. The molecule has 168 valence electrons. The Morgan fingerprint density at radius 1 is 0.970 bits per heavy atom. The standard InChI is InChI=1S/C25H19F3N2O3/c1-2-33-24(32)16-8-13-19-20(14-16)30-23(31)21(19)22(15-6-4-3-5-7-15)29-18-11-9-17(10-12-18)25(26,27)28/h3-14,29H,2H2,1H3,(H,30,31)/b22-21+. The van der Waals surface area contributed by atoms with E-state index in [2.05, 4.69) is 10.6 Å². The molecule has 0 saturated carbocycles. The first-order valence-corrected chi connectivity index (χ1v) is 10.1.